The fourth-order valence-corrected chi connectivity index (χ4v) is 4.25. The second-order valence-electron chi connectivity index (χ2n) is 7.68. The number of amides is 2. The Kier molecular flexibility index (Phi) is 9.26. The van der Waals surface area contributed by atoms with E-state index in [-0.39, 0.29) is 12.5 Å². The summed E-state index contributed by atoms with van der Waals surface area (Å²) in [4.78, 5) is 27.2. The summed E-state index contributed by atoms with van der Waals surface area (Å²) >= 11 is 0. The summed E-state index contributed by atoms with van der Waals surface area (Å²) in [5.41, 5.74) is 2.53. The number of likely N-dealkylation sites (N-methyl/N-ethyl adjacent to an activating group) is 1. The lowest BCUT2D eigenvalue weighted by Crippen LogP contribution is -2.52. The quantitative estimate of drug-likeness (QED) is 0.560. The minimum atomic E-state index is -3.70. The molecule has 2 aromatic carbocycles. The monoisotopic (exact) mass is 459 g/mol. The van der Waals surface area contributed by atoms with Gasteiger partial charge in [0.1, 0.15) is 12.6 Å². The van der Waals surface area contributed by atoms with Crippen LogP contribution in [0.1, 0.15) is 31.9 Å². The molecule has 2 rings (SSSR count). The van der Waals surface area contributed by atoms with Crippen molar-refractivity contribution >= 4 is 27.5 Å². The molecule has 0 bridgehead atoms. The normalized spacial score (nSPS) is 12.1. The van der Waals surface area contributed by atoms with Crippen molar-refractivity contribution in [3.63, 3.8) is 0 Å². The SMILES string of the molecule is CCNC(=O)[C@H](C)N(CCc1ccccc1)C(=O)CN(c1ccc(CC)cc1)S(C)(=O)=O. The van der Waals surface area contributed by atoms with Crippen molar-refractivity contribution in [3.05, 3.63) is 65.7 Å². The molecule has 2 aromatic rings. The lowest BCUT2D eigenvalue weighted by molar-refractivity contribution is -0.138. The van der Waals surface area contributed by atoms with Crippen LogP contribution in [0.4, 0.5) is 5.69 Å². The molecular formula is C24H33N3O4S. The van der Waals surface area contributed by atoms with E-state index in [9.17, 15) is 18.0 Å². The highest BCUT2D eigenvalue weighted by Gasteiger charge is 2.29. The number of hydrogen-bond acceptors (Lipinski definition) is 4. The van der Waals surface area contributed by atoms with Gasteiger partial charge >= 0.3 is 0 Å². The first kappa shape index (κ1) is 25.4. The van der Waals surface area contributed by atoms with E-state index in [0.717, 1.165) is 28.1 Å². The average molecular weight is 460 g/mol. The number of sulfonamides is 1. The zero-order valence-corrected chi connectivity index (χ0v) is 20.1. The predicted molar refractivity (Wildman–Crippen MR) is 128 cm³/mol. The third kappa shape index (κ3) is 7.09. The summed E-state index contributed by atoms with van der Waals surface area (Å²) in [5.74, 6) is -0.697. The van der Waals surface area contributed by atoms with Crippen molar-refractivity contribution in [1.29, 1.82) is 0 Å². The molecule has 2 amide bonds. The van der Waals surface area contributed by atoms with Crippen LogP contribution in [0.15, 0.2) is 54.6 Å². The maximum absolute atomic E-state index is 13.3. The highest BCUT2D eigenvalue weighted by atomic mass is 32.2. The van der Waals surface area contributed by atoms with Gasteiger partial charge in [0.15, 0.2) is 0 Å². The minimum absolute atomic E-state index is 0.271. The van der Waals surface area contributed by atoms with Crippen molar-refractivity contribution in [2.75, 3.05) is 30.2 Å². The second kappa shape index (κ2) is 11.7. The van der Waals surface area contributed by atoms with Gasteiger partial charge in [0.25, 0.3) is 0 Å². The number of carbonyl (C=O) groups is 2. The molecule has 0 fully saturated rings. The van der Waals surface area contributed by atoms with Crippen LogP contribution in [0.3, 0.4) is 0 Å². The van der Waals surface area contributed by atoms with E-state index in [1.54, 1.807) is 19.1 Å². The third-order valence-corrected chi connectivity index (χ3v) is 6.45. The summed E-state index contributed by atoms with van der Waals surface area (Å²) < 4.78 is 26.1. The van der Waals surface area contributed by atoms with E-state index in [4.69, 9.17) is 0 Å². The Bertz CT molecular complexity index is 992. The van der Waals surface area contributed by atoms with Crippen molar-refractivity contribution in [1.82, 2.24) is 10.2 Å². The predicted octanol–water partition coefficient (Wildman–Crippen LogP) is 2.61. The standard InChI is InChI=1S/C24H33N3O4S/c1-5-20-12-14-22(15-13-20)27(32(4,30)31)18-23(28)26(19(3)24(29)25-6-2)17-16-21-10-8-7-9-11-21/h7-15,19H,5-6,16-18H2,1-4H3,(H,25,29)/t19-/m0/s1. The van der Waals surface area contributed by atoms with E-state index in [1.165, 1.54) is 4.90 Å². The molecule has 0 radical (unpaired) electrons. The highest BCUT2D eigenvalue weighted by molar-refractivity contribution is 7.92. The molecule has 1 N–H and O–H groups in total. The largest absolute Gasteiger partial charge is 0.355 e. The maximum Gasteiger partial charge on any atom is 0.244 e. The van der Waals surface area contributed by atoms with E-state index in [1.807, 2.05) is 56.3 Å². The second-order valence-corrected chi connectivity index (χ2v) is 9.59. The van der Waals surface area contributed by atoms with Gasteiger partial charge in [-0.15, -0.1) is 0 Å². The molecule has 7 nitrogen and oxygen atoms in total. The van der Waals surface area contributed by atoms with Crippen LogP contribution in [-0.2, 0) is 32.5 Å². The van der Waals surface area contributed by atoms with Crippen LogP contribution in [0.5, 0.6) is 0 Å². The van der Waals surface area contributed by atoms with Gasteiger partial charge in [-0.1, -0.05) is 49.4 Å². The average Bonchev–Trinajstić information content (AvgIpc) is 2.77. The van der Waals surface area contributed by atoms with Gasteiger partial charge in [-0.2, -0.15) is 0 Å². The van der Waals surface area contributed by atoms with Gasteiger partial charge in [-0.3, -0.25) is 13.9 Å². The minimum Gasteiger partial charge on any atom is -0.355 e. The van der Waals surface area contributed by atoms with Crippen molar-refractivity contribution in [2.24, 2.45) is 0 Å². The molecule has 32 heavy (non-hydrogen) atoms. The van der Waals surface area contributed by atoms with Gasteiger partial charge < -0.3 is 10.2 Å². The molecule has 0 aliphatic rings. The molecule has 0 saturated heterocycles. The highest BCUT2D eigenvalue weighted by Crippen LogP contribution is 2.19. The van der Waals surface area contributed by atoms with Crippen LogP contribution < -0.4 is 9.62 Å². The molecule has 0 aromatic heterocycles. The fourth-order valence-electron chi connectivity index (χ4n) is 3.40. The van der Waals surface area contributed by atoms with E-state index < -0.39 is 22.0 Å². The summed E-state index contributed by atoms with van der Waals surface area (Å²) in [6, 6.07) is 16.0. The molecule has 8 heteroatoms. The van der Waals surface area contributed by atoms with Crippen molar-refractivity contribution in [2.45, 2.75) is 39.7 Å². The van der Waals surface area contributed by atoms with Gasteiger partial charge in [0.05, 0.1) is 11.9 Å². The molecule has 0 heterocycles. The Morgan fingerprint density at radius 1 is 0.969 bits per heavy atom. The Morgan fingerprint density at radius 2 is 1.59 bits per heavy atom. The summed E-state index contributed by atoms with van der Waals surface area (Å²) in [6.45, 7) is 5.86. The topological polar surface area (TPSA) is 86.8 Å². The Balaban J connectivity index is 2.28. The van der Waals surface area contributed by atoms with Gasteiger partial charge in [0.2, 0.25) is 21.8 Å². The van der Waals surface area contributed by atoms with E-state index in [0.29, 0.717) is 25.2 Å². The van der Waals surface area contributed by atoms with Crippen LogP contribution in [0, 0.1) is 0 Å². The maximum atomic E-state index is 13.3. The van der Waals surface area contributed by atoms with Crippen LogP contribution in [0.2, 0.25) is 0 Å². The Labute approximate surface area is 191 Å². The number of aryl methyl sites for hydroxylation is 1. The summed E-state index contributed by atoms with van der Waals surface area (Å²) in [5, 5.41) is 2.74. The van der Waals surface area contributed by atoms with E-state index >= 15 is 0 Å². The van der Waals surface area contributed by atoms with Gasteiger partial charge in [-0.25, -0.2) is 8.42 Å². The zero-order valence-electron chi connectivity index (χ0n) is 19.2. The Hall–Kier alpha value is -2.87. The number of carbonyl (C=O) groups excluding carboxylic acids is 2. The third-order valence-electron chi connectivity index (χ3n) is 5.31. The summed E-state index contributed by atoms with van der Waals surface area (Å²) in [7, 11) is -3.70. The molecule has 0 aliphatic carbocycles. The number of rotatable bonds is 11. The molecule has 0 aliphatic heterocycles. The van der Waals surface area contributed by atoms with Crippen LogP contribution >= 0.6 is 0 Å². The molecule has 174 valence electrons. The van der Waals surface area contributed by atoms with Gasteiger partial charge in [-0.05, 0) is 49.9 Å². The molecule has 0 saturated carbocycles. The van der Waals surface area contributed by atoms with Crippen LogP contribution in [-0.4, -0.2) is 57.1 Å². The fraction of sp³-hybridized carbons (Fsp3) is 0.417. The lowest BCUT2D eigenvalue weighted by Gasteiger charge is -2.31. The molecule has 0 spiro atoms. The van der Waals surface area contributed by atoms with Gasteiger partial charge in [0, 0.05) is 13.1 Å². The van der Waals surface area contributed by atoms with Crippen molar-refractivity contribution in [3.8, 4) is 0 Å². The number of benzene rings is 2. The number of nitrogens with zero attached hydrogens (tertiary/aromatic N) is 2. The smallest absolute Gasteiger partial charge is 0.244 e. The number of hydrogen-bond donors (Lipinski definition) is 1. The van der Waals surface area contributed by atoms with Crippen molar-refractivity contribution < 1.29 is 18.0 Å². The molecule has 0 unspecified atom stereocenters. The Morgan fingerprint density at radius 3 is 2.12 bits per heavy atom. The molecule has 1 atom stereocenters. The summed E-state index contributed by atoms with van der Waals surface area (Å²) in [6.07, 6.45) is 2.46. The first-order chi connectivity index (χ1) is 15.2. The first-order valence-corrected chi connectivity index (χ1v) is 12.7. The zero-order chi connectivity index (χ0) is 23.7. The molecular weight excluding hydrogens is 426 g/mol. The first-order valence-electron chi connectivity index (χ1n) is 10.8. The lowest BCUT2D eigenvalue weighted by atomic mass is 10.1. The number of nitrogens with one attached hydrogen (secondary N) is 1. The van der Waals surface area contributed by atoms with Crippen LogP contribution in [0.25, 0.3) is 0 Å². The number of anilines is 1. The van der Waals surface area contributed by atoms with E-state index in [2.05, 4.69) is 5.32 Å².